The number of hydrogen-bond acceptors (Lipinski definition) is 6. The minimum Gasteiger partial charge on any atom is -0.197 e. The Balaban J connectivity index is 4.31. The summed E-state index contributed by atoms with van der Waals surface area (Å²) in [5.41, 5.74) is -0.244. The van der Waals surface area contributed by atoms with Crippen LogP contribution in [0.1, 0.15) is 47.9 Å². The molecule has 0 saturated heterocycles. The van der Waals surface area contributed by atoms with Crippen molar-refractivity contribution in [1.29, 1.82) is 31.6 Å². The van der Waals surface area contributed by atoms with Crippen LogP contribution >= 0.6 is 47.8 Å². The van der Waals surface area contributed by atoms with E-state index in [0.29, 0.717) is 0 Å². The predicted octanol–water partition coefficient (Wildman–Crippen LogP) is 4.18. The van der Waals surface area contributed by atoms with Gasteiger partial charge < -0.3 is 0 Å². The van der Waals surface area contributed by atoms with E-state index in [2.05, 4.69) is 47.8 Å². The molecule has 0 radical (unpaired) electrons. The minimum atomic E-state index is -1.02. The van der Waals surface area contributed by atoms with Crippen LogP contribution in [0.15, 0.2) is 0 Å². The molecule has 114 valence electrons. The highest BCUT2D eigenvalue weighted by molar-refractivity contribution is 9.09. The largest absolute Gasteiger partial charge is 0.197 e. The second-order valence-electron chi connectivity index (χ2n) is 4.18. The zero-order valence-electron chi connectivity index (χ0n) is 11.5. The third-order valence-electron chi connectivity index (χ3n) is 3.05. The van der Waals surface area contributed by atoms with Crippen molar-refractivity contribution in [2.75, 3.05) is 0 Å². The lowest BCUT2D eigenvalue weighted by molar-refractivity contribution is 1.09. The summed E-state index contributed by atoms with van der Waals surface area (Å²) in [5.74, 6) is 0. The summed E-state index contributed by atoms with van der Waals surface area (Å²) in [6.45, 7) is 0. The van der Waals surface area contributed by atoms with Gasteiger partial charge in [0.1, 0.15) is 14.5 Å². The second-order valence-corrected chi connectivity index (χ2v) is 6.92. The second kappa shape index (κ2) is 8.45. The smallest absolute Gasteiger partial charge is 0.129 e. The van der Waals surface area contributed by atoms with Gasteiger partial charge in [-0.2, -0.15) is 31.6 Å². The van der Waals surface area contributed by atoms with Crippen LogP contribution in [-0.2, 0) is 0 Å². The van der Waals surface area contributed by atoms with E-state index in [1.54, 1.807) is 0 Å². The van der Waals surface area contributed by atoms with Crippen molar-refractivity contribution < 1.29 is 0 Å². The van der Waals surface area contributed by atoms with E-state index in [4.69, 9.17) is 0 Å². The van der Waals surface area contributed by atoms with E-state index in [9.17, 15) is 31.6 Å². The average Bonchev–Trinajstić information content (AvgIpc) is 2.63. The Morgan fingerprint density at radius 3 is 0.833 bits per heavy atom. The van der Waals surface area contributed by atoms with Gasteiger partial charge >= 0.3 is 0 Å². The van der Waals surface area contributed by atoms with Gasteiger partial charge in [-0.1, -0.05) is 47.8 Å². The first-order chi connectivity index (χ1) is 11.4. The fourth-order valence-corrected chi connectivity index (χ4v) is 3.50. The van der Waals surface area contributed by atoms with Gasteiger partial charge in [0.2, 0.25) is 0 Å². The molecule has 0 aliphatic heterocycles. The molecule has 0 aliphatic rings. The number of rotatable bonds is 3. The minimum absolute atomic E-state index is 0.0332. The first kappa shape index (κ1) is 19.6. The van der Waals surface area contributed by atoms with Gasteiger partial charge in [-0.15, -0.1) is 0 Å². The third kappa shape index (κ3) is 3.26. The lowest BCUT2D eigenvalue weighted by Crippen LogP contribution is -2.11. The maximum absolute atomic E-state index is 9.51. The van der Waals surface area contributed by atoms with Gasteiger partial charge in [0.05, 0.1) is 53.1 Å². The molecule has 1 rings (SSSR count). The lowest BCUT2D eigenvalue weighted by atomic mass is 9.84. The summed E-state index contributed by atoms with van der Waals surface area (Å²) in [5, 5.41) is 56.1. The predicted molar refractivity (Wildman–Crippen MR) is 92.4 cm³/mol. The number of alkyl halides is 3. The van der Waals surface area contributed by atoms with Gasteiger partial charge in [0.15, 0.2) is 0 Å². The molecule has 3 atom stereocenters. The van der Waals surface area contributed by atoms with Crippen molar-refractivity contribution >= 4 is 47.8 Å². The number of benzene rings is 1. The normalized spacial score (nSPS) is 12.9. The summed E-state index contributed by atoms with van der Waals surface area (Å²) in [7, 11) is 0. The molecule has 1 aromatic carbocycles. The average molecular weight is 507 g/mol. The van der Waals surface area contributed by atoms with Crippen LogP contribution in [0.5, 0.6) is 0 Å². The molecule has 0 heterocycles. The molecular weight excluding hydrogens is 504 g/mol. The third-order valence-corrected chi connectivity index (χ3v) is 5.04. The molecule has 9 heteroatoms. The van der Waals surface area contributed by atoms with Crippen LogP contribution < -0.4 is 0 Å². The fourth-order valence-electron chi connectivity index (χ4n) is 2.13. The maximum atomic E-state index is 9.51. The van der Waals surface area contributed by atoms with E-state index in [1.807, 2.05) is 36.4 Å². The molecule has 3 unspecified atom stereocenters. The Morgan fingerprint density at radius 1 is 0.500 bits per heavy atom. The van der Waals surface area contributed by atoms with Crippen LogP contribution in [0, 0.1) is 68.0 Å². The molecule has 0 aromatic heterocycles. The van der Waals surface area contributed by atoms with Crippen molar-refractivity contribution in [2.45, 2.75) is 14.5 Å². The van der Waals surface area contributed by atoms with E-state index in [-0.39, 0.29) is 33.4 Å². The molecule has 0 N–H and O–H groups in total. The molecular formula is C15H3Br3N6. The fraction of sp³-hybridized carbons (Fsp3) is 0.200. The summed E-state index contributed by atoms with van der Waals surface area (Å²) in [6, 6.07) is 11.2. The van der Waals surface area contributed by atoms with Crippen LogP contribution in [0.2, 0.25) is 0 Å². The summed E-state index contributed by atoms with van der Waals surface area (Å²) in [4.78, 5) is -3.07. The van der Waals surface area contributed by atoms with E-state index >= 15 is 0 Å². The molecule has 0 amide bonds. The molecule has 24 heavy (non-hydrogen) atoms. The number of halogens is 3. The van der Waals surface area contributed by atoms with Gasteiger partial charge in [-0.3, -0.25) is 0 Å². The van der Waals surface area contributed by atoms with Crippen LogP contribution in [0.4, 0.5) is 0 Å². The SMILES string of the molecule is N#Cc1c(C(Br)C#N)c(C#N)c(C(Br)C#N)c(C#N)c1C(Br)C#N. The quantitative estimate of drug-likeness (QED) is 0.562. The Bertz CT molecular complexity index is 798. The molecule has 6 nitrogen and oxygen atoms in total. The highest BCUT2D eigenvalue weighted by atomic mass is 79.9. The Hall–Kier alpha value is -2.40. The monoisotopic (exact) mass is 504 g/mol. The van der Waals surface area contributed by atoms with Crippen molar-refractivity contribution in [3.8, 4) is 36.4 Å². The van der Waals surface area contributed by atoms with Gasteiger partial charge in [0, 0.05) is 16.7 Å². The topological polar surface area (TPSA) is 143 Å². The Kier molecular flexibility index (Phi) is 6.92. The standard InChI is InChI=1S/C15H3Br3N6/c16-10(4-22)13-7(1-19)14(11(17)5-23)9(3-21)15(8(13)2-20)12(18)6-24/h10-12H. The van der Waals surface area contributed by atoms with E-state index < -0.39 is 14.5 Å². The van der Waals surface area contributed by atoms with Gasteiger partial charge in [-0.05, 0) is 0 Å². The summed E-state index contributed by atoms with van der Waals surface area (Å²) >= 11 is 9.25. The molecule has 0 spiro atoms. The summed E-state index contributed by atoms with van der Waals surface area (Å²) in [6.07, 6.45) is 0. The van der Waals surface area contributed by atoms with Crippen molar-refractivity contribution in [1.82, 2.24) is 0 Å². The molecule has 0 aliphatic carbocycles. The number of nitriles is 6. The first-order valence-electron chi connectivity index (χ1n) is 5.98. The Labute approximate surface area is 163 Å². The van der Waals surface area contributed by atoms with Crippen molar-refractivity contribution in [3.63, 3.8) is 0 Å². The molecule has 1 aromatic rings. The highest BCUT2D eigenvalue weighted by Crippen LogP contribution is 2.43. The molecule has 0 saturated carbocycles. The lowest BCUT2D eigenvalue weighted by Gasteiger charge is -2.19. The highest BCUT2D eigenvalue weighted by Gasteiger charge is 2.32. The van der Waals surface area contributed by atoms with Gasteiger partial charge in [0.25, 0.3) is 0 Å². The van der Waals surface area contributed by atoms with Crippen LogP contribution in [-0.4, -0.2) is 0 Å². The van der Waals surface area contributed by atoms with E-state index in [0.717, 1.165) is 0 Å². The van der Waals surface area contributed by atoms with E-state index in [1.165, 1.54) is 0 Å². The molecule has 0 fully saturated rings. The van der Waals surface area contributed by atoms with Crippen molar-refractivity contribution in [2.24, 2.45) is 0 Å². The Morgan fingerprint density at radius 2 is 0.708 bits per heavy atom. The van der Waals surface area contributed by atoms with Gasteiger partial charge in [-0.25, -0.2) is 0 Å². The number of hydrogen-bond donors (Lipinski definition) is 0. The van der Waals surface area contributed by atoms with Crippen LogP contribution in [0.25, 0.3) is 0 Å². The maximum Gasteiger partial charge on any atom is 0.129 e. The molecule has 0 bridgehead atoms. The van der Waals surface area contributed by atoms with Crippen molar-refractivity contribution in [3.05, 3.63) is 33.4 Å². The zero-order valence-corrected chi connectivity index (χ0v) is 16.3. The van der Waals surface area contributed by atoms with Crippen LogP contribution in [0.3, 0.4) is 0 Å². The first-order valence-corrected chi connectivity index (χ1v) is 8.73. The zero-order chi connectivity index (χ0) is 18.4. The summed E-state index contributed by atoms with van der Waals surface area (Å²) < 4.78 is 0. The number of nitrogens with zero attached hydrogens (tertiary/aromatic N) is 6.